The summed E-state index contributed by atoms with van der Waals surface area (Å²) in [5.41, 5.74) is 1.44. The van der Waals surface area contributed by atoms with Crippen LogP contribution in [-0.4, -0.2) is 22.7 Å². The quantitative estimate of drug-likeness (QED) is 0.849. The van der Waals surface area contributed by atoms with Gasteiger partial charge in [-0.25, -0.2) is 4.79 Å². The third kappa shape index (κ3) is 3.65. The largest absolute Gasteiger partial charge is 0.444 e. The van der Waals surface area contributed by atoms with E-state index in [1.54, 1.807) is 6.20 Å². The average Bonchev–Trinajstić information content (AvgIpc) is 3.02. The minimum Gasteiger partial charge on any atom is -0.444 e. The number of hydrogen-bond donors (Lipinski definition) is 2. The molecule has 5 heteroatoms. The number of nitrogens with one attached hydrogen (secondary N) is 2. The molecule has 2 unspecified atom stereocenters. The van der Waals surface area contributed by atoms with Gasteiger partial charge in [-0.05, 0) is 51.7 Å². The number of aromatic nitrogens is 1. The standard InChI is InChI=1S/C19H29N3O2/c1-12-15(13-8-5-6-9-13)21-14-10-7-11-20-17(14)16(12)22-18(23)24-19(2,3)4/h7,10-13,15-16,21H,5-6,8-9H2,1-4H3,(H,22,23)/t12-,15?,16?/m0/s1. The van der Waals surface area contributed by atoms with Gasteiger partial charge < -0.3 is 15.4 Å². The molecule has 2 N–H and O–H groups in total. The Kier molecular flexibility index (Phi) is 4.70. The minimum absolute atomic E-state index is 0.122. The smallest absolute Gasteiger partial charge is 0.408 e. The van der Waals surface area contributed by atoms with Gasteiger partial charge in [0.25, 0.3) is 0 Å². The Bertz CT molecular complexity index is 591. The van der Waals surface area contributed by atoms with E-state index < -0.39 is 5.60 Å². The van der Waals surface area contributed by atoms with Crippen LogP contribution in [0, 0.1) is 11.8 Å². The topological polar surface area (TPSA) is 63.2 Å². The molecular weight excluding hydrogens is 302 g/mol. The second-order valence-corrected chi connectivity index (χ2v) is 8.13. The van der Waals surface area contributed by atoms with Crippen LogP contribution in [0.1, 0.15) is 65.1 Å². The van der Waals surface area contributed by atoms with Crippen LogP contribution in [0.5, 0.6) is 0 Å². The Labute approximate surface area is 144 Å². The van der Waals surface area contributed by atoms with E-state index in [4.69, 9.17) is 4.74 Å². The van der Waals surface area contributed by atoms with Crippen LogP contribution in [0.2, 0.25) is 0 Å². The molecule has 1 aromatic rings. The number of ether oxygens (including phenoxy) is 1. The molecule has 0 saturated heterocycles. The van der Waals surface area contributed by atoms with Crippen molar-refractivity contribution in [3.8, 4) is 0 Å². The van der Waals surface area contributed by atoms with Crippen LogP contribution >= 0.6 is 0 Å². The fraction of sp³-hybridized carbons (Fsp3) is 0.684. The summed E-state index contributed by atoms with van der Waals surface area (Å²) >= 11 is 0. The lowest BCUT2D eigenvalue weighted by Crippen LogP contribution is -2.48. The second kappa shape index (κ2) is 6.61. The molecule has 1 amide bonds. The lowest BCUT2D eigenvalue weighted by Gasteiger charge is -2.41. The van der Waals surface area contributed by atoms with Crippen LogP contribution in [0.25, 0.3) is 0 Å². The Hall–Kier alpha value is -1.78. The van der Waals surface area contributed by atoms with E-state index in [9.17, 15) is 4.79 Å². The average molecular weight is 331 g/mol. The summed E-state index contributed by atoms with van der Waals surface area (Å²) in [6.45, 7) is 7.85. The van der Waals surface area contributed by atoms with Crippen molar-refractivity contribution in [3.63, 3.8) is 0 Å². The molecule has 1 aliphatic heterocycles. The van der Waals surface area contributed by atoms with Gasteiger partial charge in [0.1, 0.15) is 5.60 Å². The molecule has 0 spiro atoms. The first kappa shape index (κ1) is 17.1. The second-order valence-electron chi connectivity index (χ2n) is 8.13. The highest BCUT2D eigenvalue weighted by Gasteiger charge is 2.40. The number of carbonyl (C=O) groups excluding carboxylic acids is 1. The fourth-order valence-electron chi connectivity index (χ4n) is 4.05. The van der Waals surface area contributed by atoms with E-state index in [0.29, 0.717) is 12.0 Å². The molecule has 3 atom stereocenters. The molecule has 2 heterocycles. The third-order valence-corrected chi connectivity index (χ3v) is 5.13. The zero-order chi connectivity index (χ0) is 17.3. The van der Waals surface area contributed by atoms with Gasteiger partial charge in [0, 0.05) is 18.2 Å². The number of rotatable bonds is 2. The molecule has 0 bridgehead atoms. The van der Waals surface area contributed by atoms with Crippen molar-refractivity contribution in [2.75, 3.05) is 5.32 Å². The maximum absolute atomic E-state index is 12.3. The highest BCUT2D eigenvalue weighted by atomic mass is 16.6. The van der Waals surface area contributed by atoms with Crippen LogP contribution in [-0.2, 0) is 4.74 Å². The summed E-state index contributed by atoms with van der Waals surface area (Å²) in [5.74, 6) is 0.930. The van der Waals surface area contributed by atoms with Crippen molar-refractivity contribution < 1.29 is 9.53 Å². The Morgan fingerprint density at radius 2 is 2.04 bits per heavy atom. The highest BCUT2D eigenvalue weighted by molar-refractivity contribution is 5.69. The zero-order valence-electron chi connectivity index (χ0n) is 15.1. The molecule has 24 heavy (non-hydrogen) atoms. The molecule has 0 aromatic carbocycles. The first-order valence-electron chi connectivity index (χ1n) is 9.06. The van der Waals surface area contributed by atoms with Crippen LogP contribution in [0.3, 0.4) is 0 Å². The van der Waals surface area contributed by atoms with E-state index in [2.05, 4.69) is 28.6 Å². The SMILES string of the molecule is C[C@@H]1C(NC(=O)OC(C)(C)C)c2ncccc2NC1C1CCCC1. The molecule has 0 radical (unpaired) electrons. The number of pyridine rings is 1. The number of alkyl carbamates (subject to hydrolysis) is 1. The minimum atomic E-state index is -0.502. The molecule has 2 aliphatic rings. The van der Waals surface area contributed by atoms with Gasteiger partial charge in [0.15, 0.2) is 0 Å². The van der Waals surface area contributed by atoms with Gasteiger partial charge in [0.05, 0.1) is 17.4 Å². The normalized spacial score (nSPS) is 27.2. The predicted octanol–water partition coefficient (Wildman–Crippen LogP) is 4.27. The van der Waals surface area contributed by atoms with E-state index in [1.165, 1.54) is 25.7 Å². The summed E-state index contributed by atoms with van der Waals surface area (Å²) < 4.78 is 5.47. The highest BCUT2D eigenvalue weighted by Crippen LogP contribution is 2.42. The Morgan fingerprint density at radius 3 is 2.71 bits per heavy atom. The number of anilines is 1. The molecule has 1 aromatic heterocycles. The van der Waals surface area contributed by atoms with Crippen molar-refractivity contribution >= 4 is 11.8 Å². The molecule has 1 saturated carbocycles. The van der Waals surface area contributed by atoms with E-state index in [0.717, 1.165) is 11.4 Å². The molecular formula is C19H29N3O2. The number of carbonyl (C=O) groups is 1. The lowest BCUT2D eigenvalue weighted by atomic mass is 9.79. The van der Waals surface area contributed by atoms with Crippen molar-refractivity contribution in [3.05, 3.63) is 24.0 Å². The van der Waals surface area contributed by atoms with Crippen molar-refractivity contribution in [1.29, 1.82) is 0 Å². The fourth-order valence-corrected chi connectivity index (χ4v) is 4.05. The first-order chi connectivity index (χ1) is 11.3. The van der Waals surface area contributed by atoms with Gasteiger partial charge >= 0.3 is 6.09 Å². The molecule has 1 aliphatic carbocycles. The van der Waals surface area contributed by atoms with Gasteiger partial charge in [-0.1, -0.05) is 19.8 Å². The lowest BCUT2D eigenvalue weighted by molar-refractivity contribution is 0.0475. The Balaban J connectivity index is 1.83. The van der Waals surface area contributed by atoms with E-state index in [-0.39, 0.29) is 18.1 Å². The molecule has 5 nitrogen and oxygen atoms in total. The maximum atomic E-state index is 12.3. The summed E-state index contributed by atoms with van der Waals surface area (Å²) in [7, 11) is 0. The summed E-state index contributed by atoms with van der Waals surface area (Å²) in [4.78, 5) is 16.9. The molecule has 1 fully saturated rings. The molecule has 3 rings (SSSR count). The van der Waals surface area contributed by atoms with Gasteiger partial charge in [0.2, 0.25) is 0 Å². The van der Waals surface area contributed by atoms with Gasteiger partial charge in [-0.15, -0.1) is 0 Å². The molecule has 132 valence electrons. The number of hydrogen-bond acceptors (Lipinski definition) is 4. The Morgan fingerprint density at radius 1 is 1.33 bits per heavy atom. The first-order valence-corrected chi connectivity index (χ1v) is 9.06. The van der Waals surface area contributed by atoms with Crippen molar-refractivity contribution in [2.45, 2.75) is 71.1 Å². The summed E-state index contributed by atoms with van der Waals surface area (Å²) in [6.07, 6.45) is 6.54. The monoisotopic (exact) mass is 331 g/mol. The van der Waals surface area contributed by atoms with Crippen LogP contribution in [0.15, 0.2) is 18.3 Å². The van der Waals surface area contributed by atoms with Gasteiger partial charge in [-0.3, -0.25) is 4.98 Å². The van der Waals surface area contributed by atoms with E-state index in [1.807, 2.05) is 26.8 Å². The third-order valence-electron chi connectivity index (χ3n) is 5.13. The number of nitrogens with zero attached hydrogens (tertiary/aromatic N) is 1. The van der Waals surface area contributed by atoms with Crippen molar-refractivity contribution in [2.24, 2.45) is 11.8 Å². The predicted molar refractivity (Wildman–Crippen MR) is 94.9 cm³/mol. The zero-order valence-corrected chi connectivity index (χ0v) is 15.1. The number of amides is 1. The summed E-state index contributed by atoms with van der Waals surface area (Å²) in [6, 6.07) is 4.24. The summed E-state index contributed by atoms with van der Waals surface area (Å²) in [5, 5.41) is 6.76. The van der Waals surface area contributed by atoms with Crippen LogP contribution < -0.4 is 10.6 Å². The van der Waals surface area contributed by atoms with E-state index >= 15 is 0 Å². The number of fused-ring (bicyclic) bond motifs is 1. The van der Waals surface area contributed by atoms with Crippen LogP contribution in [0.4, 0.5) is 10.5 Å². The van der Waals surface area contributed by atoms with Crippen molar-refractivity contribution in [1.82, 2.24) is 10.3 Å². The van der Waals surface area contributed by atoms with Gasteiger partial charge in [-0.2, -0.15) is 0 Å². The maximum Gasteiger partial charge on any atom is 0.408 e.